The highest BCUT2D eigenvalue weighted by Gasteiger charge is 2.52. The van der Waals surface area contributed by atoms with E-state index in [1.165, 1.54) is 66.6 Å². The van der Waals surface area contributed by atoms with Gasteiger partial charge < -0.3 is 4.81 Å². The van der Waals surface area contributed by atoms with Crippen molar-refractivity contribution in [2.45, 2.75) is 19.2 Å². The van der Waals surface area contributed by atoms with Crippen LogP contribution in [0.3, 0.4) is 0 Å². The van der Waals surface area contributed by atoms with Crippen LogP contribution in [0.1, 0.15) is 19.4 Å². The van der Waals surface area contributed by atoms with Gasteiger partial charge in [-0.1, -0.05) is 117 Å². The van der Waals surface area contributed by atoms with Gasteiger partial charge in [0.2, 0.25) is 0 Å². The Morgan fingerprint density at radius 1 is 0.487 bits per heavy atom. The van der Waals surface area contributed by atoms with Crippen molar-refractivity contribution in [1.29, 1.82) is 0 Å². The summed E-state index contributed by atoms with van der Waals surface area (Å²) in [5.74, 6) is 0. The summed E-state index contributed by atoms with van der Waals surface area (Å²) in [6.07, 6.45) is 0. The van der Waals surface area contributed by atoms with Crippen LogP contribution in [0.5, 0.6) is 0 Å². The molecular weight excluding hydrogens is 469 g/mol. The third kappa shape index (κ3) is 3.28. The lowest BCUT2D eigenvalue weighted by molar-refractivity contribution is 0.759. The maximum atomic E-state index is 2.59. The van der Waals surface area contributed by atoms with Crippen molar-refractivity contribution >= 4 is 34.5 Å². The molecule has 0 fully saturated rings. The van der Waals surface area contributed by atoms with Gasteiger partial charge in [-0.25, -0.2) is 0 Å². The molecule has 0 radical (unpaired) electrons. The van der Waals surface area contributed by atoms with E-state index in [0.717, 1.165) is 0 Å². The fourth-order valence-electron chi connectivity index (χ4n) is 6.99. The second-order valence-corrected chi connectivity index (χ2v) is 11.5. The van der Waals surface area contributed by atoms with Crippen LogP contribution in [0.2, 0.25) is 0 Å². The van der Waals surface area contributed by atoms with Crippen LogP contribution in [0.25, 0.3) is 44.2 Å². The Morgan fingerprint density at radius 3 is 1.97 bits per heavy atom. The second-order valence-electron chi connectivity index (χ2n) is 11.5. The maximum absolute atomic E-state index is 2.59. The van der Waals surface area contributed by atoms with E-state index >= 15 is 0 Å². The van der Waals surface area contributed by atoms with Gasteiger partial charge in [0.05, 0.1) is 0 Å². The molecule has 0 aromatic heterocycles. The molecule has 39 heavy (non-hydrogen) atoms. The van der Waals surface area contributed by atoms with Gasteiger partial charge in [-0.2, -0.15) is 0 Å². The lowest BCUT2D eigenvalue weighted by atomic mass is 9.37. The summed E-state index contributed by atoms with van der Waals surface area (Å²) in [5.41, 5.74) is 13.2. The van der Waals surface area contributed by atoms with Gasteiger partial charge in [-0.15, -0.1) is 0 Å². The summed E-state index contributed by atoms with van der Waals surface area (Å²) >= 11 is 0. The number of hydrogen-bond acceptors (Lipinski definition) is 1. The molecule has 6 aromatic carbocycles. The zero-order valence-corrected chi connectivity index (χ0v) is 22.2. The zero-order chi connectivity index (χ0) is 26.1. The Hall–Kier alpha value is -4.56. The Bertz CT molecular complexity index is 1920. The SMILES string of the molecule is CC1(C)B2c3ccccc3-c3ccccc3N2c2ccc(-c3cccc(-c4ccc5ccccc5c4)c3)cc21. The third-order valence-corrected chi connectivity index (χ3v) is 8.88. The molecule has 2 aliphatic heterocycles. The van der Waals surface area contributed by atoms with Crippen LogP contribution in [-0.4, -0.2) is 6.85 Å². The van der Waals surface area contributed by atoms with Crippen molar-refractivity contribution in [1.82, 2.24) is 0 Å². The van der Waals surface area contributed by atoms with E-state index in [-0.39, 0.29) is 12.2 Å². The van der Waals surface area contributed by atoms with Gasteiger partial charge >= 0.3 is 6.85 Å². The largest absolute Gasteiger partial charge is 0.380 e. The Labute approximate surface area is 230 Å². The Morgan fingerprint density at radius 2 is 1.13 bits per heavy atom. The molecule has 0 N–H and O–H groups in total. The van der Waals surface area contributed by atoms with Gasteiger partial charge in [-0.3, -0.25) is 0 Å². The molecule has 2 heterocycles. The minimum absolute atomic E-state index is 0.0507. The molecule has 1 nitrogen and oxygen atoms in total. The molecule has 0 amide bonds. The summed E-state index contributed by atoms with van der Waals surface area (Å²) in [6.45, 7) is 5.09. The third-order valence-electron chi connectivity index (χ3n) is 8.88. The van der Waals surface area contributed by atoms with Crippen molar-refractivity contribution in [2.75, 3.05) is 4.81 Å². The van der Waals surface area contributed by atoms with E-state index in [4.69, 9.17) is 0 Å². The molecule has 184 valence electrons. The number of anilines is 2. The highest BCUT2D eigenvalue weighted by atomic mass is 15.1. The molecule has 2 heteroatoms. The monoisotopic (exact) mass is 497 g/mol. The summed E-state index contributed by atoms with van der Waals surface area (Å²) in [6, 6.07) is 49.3. The van der Waals surface area contributed by atoms with E-state index < -0.39 is 0 Å². The number of rotatable bonds is 2. The fraction of sp³-hybridized carbons (Fsp3) is 0.0811. The molecule has 0 atom stereocenters. The fourth-order valence-corrected chi connectivity index (χ4v) is 6.99. The lowest BCUT2D eigenvalue weighted by Crippen LogP contribution is -2.55. The second kappa shape index (κ2) is 8.22. The normalized spacial score (nSPS) is 14.5. The molecular formula is C37H28BN. The average Bonchev–Trinajstić information content (AvgIpc) is 3.23. The highest BCUT2D eigenvalue weighted by molar-refractivity contribution is 6.84. The van der Waals surface area contributed by atoms with Crippen LogP contribution in [-0.2, 0) is 5.31 Å². The van der Waals surface area contributed by atoms with E-state index in [9.17, 15) is 0 Å². The molecule has 0 bridgehead atoms. The van der Waals surface area contributed by atoms with Crippen LogP contribution in [0, 0.1) is 0 Å². The number of nitrogens with zero attached hydrogens (tertiary/aromatic N) is 1. The quantitative estimate of drug-likeness (QED) is 0.216. The van der Waals surface area contributed by atoms with Crippen LogP contribution in [0.15, 0.2) is 133 Å². The number of fused-ring (bicyclic) bond motifs is 9. The topological polar surface area (TPSA) is 3.24 Å². The molecule has 0 saturated carbocycles. The Kier molecular flexibility index (Phi) is 4.73. The molecule has 0 spiro atoms. The maximum Gasteiger partial charge on any atom is 0.304 e. The predicted molar refractivity (Wildman–Crippen MR) is 167 cm³/mol. The van der Waals surface area contributed by atoms with Gasteiger partial charge in [-0.05, 0) is 85.3 Å². The van der Waals surface area contributed by atoms with Gasteiger partial charge in [0, 0.05) is 16.9 Å². The molecule has 2 aliphatic rings. The predicted octanol–water partition coefficient (Wildman–Crippen LogP) is 9.02. The summed E-state index contributed by atoms with van der Waals surface area (Å²) < 4.78 is 0. The minimum atomic E-state index is -0.0507. The van der Waals surface area contributed by atoms with Crippen molar-refractivity contribution in [3.05, 3.63) is 139 Å². The summed E-state index contributed by atoms with van der Waals surface area (Å²) in [7, 11) is 0. The number of hydrogen-bond donors (Lipinski definition) is 0. The molecule has 0 unspecified atom stereocenters. The standard InChI is InChI=1S/C37H28BN/c1-37(2)33-24-30(28-13-9-12-27(23-28)29-19-18-25-10-3-4-11-26(25)22-29)20-21-36(33)39-35-17-8-6-15-32(35)31-14-5-7-16-34(31)38(37)39/h3-24H,1-2H3. The van der Waals surface area contributed by atoms with Gasteiger partial charge in [0.1, 0.15) is 0 Å². The van der Waals surface area contributed by atoms with E-state index in [2.05, 4.69) is 152 Å². The molecule has 8 rings (SSSR count). The van der Waals surface area contributed by atoms with Crippen LogP contribution < -0.4 is 10.3 Å². The van der Waals surface area contributed by atoms with Crippen molar-refractivity contribution < 1.29 is 0 Å². The molecule has 6 aromatic rings. The molecule has 0 saturated heterocycles. The smallest absolute Gasteiger partial charge is 0.304 e. The van der Waals surface area contributed by atoms with Crippen LogP contribution >= 0.6 is 0 Å². The number of para-hydroxylation sites is 1. The average molecular weight is 497 g/mol. The lowest BCUT2D eigenvalue weighted by Gasteiger charge is -2.38. The van der Waals surface area contributed by atoms with Crippen molar-refractivity contribution in [3.8, 4) is 33.4 Å². The summed E-state index contributed by atoms with van der Waals surface area (Å²) in [4.78, 5) is 2.59. The van der Waals surface area contributed by atoms with Crippen LogP contribution in [0.4, 0.5) is 11.4 Å². The van der Waals surface area contributed by atoms with E-state index in [1.807, 2.05) is 0 Å². The van der Waals surface area contributed by atoms with Crippen molar-refractivity contribution in [2.24, 2.45) is 0 Å². The number of benzene rings is 6. The first kappa shape index (κ1) is 22.4. The molecule has 0 aliphatic carbocycles. The van der Waals surface area contributed by atoms with E-state index in [1.54, 1.807) is 0 Å². The van der Waals surface area contributed by atoms with Crippen molar-refractivity contribution in [3.63, 3.8) is 0 Å². The minimum Gasteiger partial charge on any atom is -0.380 e. The first-order valence-corrected chi connectivity index (χ1v) is 13.8. The van der Waals surface area contributed by atoms with Gasteiger partial charge in [0.25, 0.3) is 0 Å². The zero-order valence-electron chi connectivity index (χ0n) is 22.2. The highest BCUT2D eigenvalue weighted by Crippen LogP contribution is 2.52. The van der Waals surface area contributed by atoms with E-state index in [0.29, 0.717) is 0 Å². The van der Waals surface area contributed by atoms with Gasteiger partial charge in [0.15, 0.2) is 0 Å². The summed E-state index contributed by atoms with van der Waals surface area (Å²) in [5, 5.41) is 2.50. The first-order chi connectivity index (χ1) is 19.1. The Balaban J connectivity index is 1.25. The first-order valence-electron chi connectivity index (χ1n) is 13.8.